The van der Waals surface area contributed by atoms with Crippen LogP contribution in [0.5, 0.6) is 0 Å². The van der Waals surface area contributed by atoms with Crippen molar-refractivity contribution in [3.05, 3.63) is 102 Å². The molecule has 0 saturated heterocycles. The van der Waals surface area contributed by atoms with Gasteiger partial charge in [0.05, 0.1) is 17.0 Å². The Balaban J connectivity index is 1.84. The van der Waals surface area contributed by atoms with Crippen LogP contribution < -0.4 is 0 Å². The van der Waals surface area contributed by atoms with Crippen LogP contribution in [0.1, 0.15) is 15.9 Å². The second kappa shape index (κ2) is 5.99. The van der Waals surface area contributed by atoms with Crippen molar-refractivity contribution in [3.63, 3.8) is 0 Å². The second-order valence-corrected chi connectivity index (χ2v) is 6.53. The Morgan fingerprint density at radius 3 is 2.15 bits per heavy atom. The number of hydrogen-bond acceptors (Lipinski definition) is 2. The number of hydrogen-bond donors (Lipinski definition) is 0. The number of benzene rings is 3. The molecule has 0 N–H and O–H groups in total. The Morgan fingerprint density at radius 2 is 1.37 bits per heavy atom. The standard InChI is InChI=1S/C24H14FNO/c25-17-10-6-9-16(13-17)21-14-20(15-7-2-1-3-8-15)22-23(26-21)18-11-4-5-12-19(18)24(22)27/h1-14H. The Bertz CT molecular complexity index is 1200. The Kier molecular flexibility index (Phi) is 3.47. The lowest BCUT2D eigenvalue weighted by Gasteiger charge is -2.11. The first-order valence-corrected chi connectivity index (χ1v) is 8.73. The number of nitrogens with zero attached hydrogens (tertiary/aromatic N) is 1. The third-order valence-electron chi connectivity index (χ3n) is 4.88. The van der Waals surface area contributed by atoms with Crippen LogP contribution in [0.4, 0.5) is 4.39 Å². The van der Waals surface area contributed by atoms with Crippen LogP contribution in [0, 0.1) is 5.82 Å². The molecule has 1 heterocycles. The van der Waals surface area contributed by atoms with E-state index in [1.165, 1.54) is 12.1 Å². The molecule has 27 heavy (non-hydrogen) atoms. The van der Waals surface area contributed by atoms with Crippen LogP contribution in [0.25, 0.3) is 33.6 Å². The molecule has 1 aromatic heterocycles. The van der Waals surface area contributed by atoms with Gasteiger partial charge in [0.25, 0.3) is 0 Å². The molecule has 0 unspecified atom stereocenters. The quantitative estimate of drug-likeness (QED) is 0.404. The molecule has 5 rings (SSSR count). The van der Waals surface area contributed by atoms with E-state index in [4.69, 9.17) is 4.98 Å². The topological polar surface area (TPSA) is 30.0 Å². The molecule has 0 radical (unpaired) electrons. The highest BCUT2D eigenvalue weighted by atomic mass is 19.1. The molecule has 4 aromatic rings. The van der Waals surface area contributed by atoms with Gasteiger partial charge in [0, 0.05) is 16.7 Å². The van der Waals surface area contributed by atoms with Gasteiger partial charge < -0.3 is 0 Å². The summed E-state index contributed by atoms with van der Waals surface area (Å²) in [7, 11) is 0. The van der Waals surface area contributed by atoms with E-state index in [1.54, 1.807) is 6.07 Å². The summed E-state index contributed by atoms with van der Waals surface area (Å²) < 4.78 is 13.8. The summed E-state index contributed by atoms with van der Waals surface area (Å²) >= 11 is 0. The van der Waals surface area contributed by atoms with Crippen LogP contribution >= 0.6 is 0 Å². The number of aromatic nitrogens is 1. The van der Waals surface area contributed by atoms with Crippen LogP contribution in [0.15, 0.2) is 84.9 Å². The molecule has 0 saturated carbocycles. The van der Waals surface area contributed by atoms with Crippen molar-refractivity contribution in [3.8, 4) is 33.6 Å². The van der Waals surface area contributed by atoms with Gasteiger partial charge in [-0.1, -0.05) is 66.7 Å². The first-order chi connectivity index (χ1) is 13.2. The fraction of sp³-hybridized carbons (Fsp3) is 0. The first kappa shape index (κ1) is 15.6. The van der Waals surface area contributed by atoms with E-state index in [-0.39, 0.29) is 11.6 Å². The number of carbonyl (C=O) groups is 1. The van der Waals surface area contributed by atoms with E-state index in [1.807, 2.05) is 66.7 Å². The van der Waals surface area contributed by atoms with Crippen LogP contribution in [-0.2, 0) is 0 Å². The lowest BCUT2D eigenvalue weighted by molar-refractivity contribution is 0.104. The summed E-state index contributed by atoms with van der Waals surface area (Å²) in [5.74, 6) is -0.328. The van der Waals surface area contributed by atoms with Crippen LogP contribution in [0.2, 0.25) is 0 Å². The van der Waals surface area contributed by atoms with E-state index in [2.05, 4.69) is 0 Å². The van der Waals surface area contributed by atoms with Crippen molar-refractivity contribution in [2.24, 2.45) is 0 Å². The zero-order chi connectivity index (χ0) is 18.4. The number of pyridine rings is 1. The largest absolute Gasteiger partial charge is 0.288 e. The first-order valence-electron chi connectivity index (χ1n) is 8.73. The van der Waals surface area contributed by atoms with Gasteiger partial charge in [0.15, 0.2) is 5.78 Å². The predicted molar refractivity (Wildman–Crippen MR) is 104 cm³/mol. The lowest BCUT2D eigenvalue weighted by atomic mass is 9.96. The minimum absolute atomic E-state index is 0.0160. The van der Waals surface area contributed by atoms with E-state index in [0.29, 0.717) is 28.1 Å². The van der Waals surface area contributed by atoms with Crippen LogP contribution in [-0.4, -0.2) is 10.8 Å². The molecule has 0 bridgehead atoms. The summed E-state index contributed by atoms with van der Waals surface area (Å²) in [6.07, 6.45) is 0. The lowest BCUT2D eigenvalue weighted by Crippen LogP contribution is -2.00. The molecule has 3 aromatic carbocycles. The molecule has 0 fully saturated rings. The smallest absolute Gasteiger partial charge is 0.196 e. The summed E-state index contributed by atoms with van der Waals surface area (Å²) in [5.41, 5.74) is 5.86. The normalized spacial score (nSPS) is 12.0. The predicted octanol–water partition coefficient (Wildman–Crippen LogP) is 5.77. The third-order valence-corrected chi connectivity index (χ3v) is 4.88. The van der Waals surface area contributed by atoms with Gasteiger partial charge in [-0.2, -0.15) is 0 Å². The SMILES string of the molecule is O=C1c2ccccc2-c2nc(-c3cccc(F)c3)cc(-c3ccccc3)c21. The number of ketones is 1. The van der Waals surface area contributed by atoms with E-state index in [0.717, 1.165) is 16.7 Å². The van der Waals surface area contributed by atoms with E-state index >= 15 is 0 Å². The highest BCUT2D eigenvalue weighted by Gasteiger charge is 2.31. The average Bonchev–Trinajstić information content (AvgIpc) is 3.01. The maximum absolute atomic E-state index is 13.8. The molecule has 0 atom stereocenters. The van der Waals surface area contributed by atoms with E-state index < -0.39 is 0 Å². The fourth-order valence-corrected chi connectivity index (χ4v) is 3.63. The molecule has 128 valence electrons. The molecule has 3 heteroatoms. The van der Waals surface area contributed by atoms with Crippen LogP contribution in [0.3, 0.4) is 0 Å². The Hall–Kier alpha value is -3.59. The van der Waals surface area contributed by atoms with Crippen molar-refractivity contribution >= 4 is 5.78 Å². The summed E-state index contributed by atoms with van der Waals surface area (Å²) in [6, 6.07) is 25.5. The molecule has 2 nitrogen and oxygen atoms in total. The van der Waals surface area contributed by atoms with Crippen molar-refractivity contribution in [2.75, 3.05) is 0 Å². The van der Waals surface area contributed by atoms with Crippen molar-refractivity contribution in [1.29, 1.82) is 0 Å². The summed E-state index contributed by atoms with van der Waals surface area (Å²) in [5, 5.41) is 0. The number of rotatable bonds is 2. The number of carbonyl (C=O) groups excluding carboxylic acids is 1. The minimum Gasteiger partial charge on any atom is -0.288 e. The van der Waals surface area contributed by atoms with Crippen molar-refractivity contribution in [1.82, 2.24) is 4.98 Å². The van der Waals surface area contributed by atoms with Gasteiger partial charge in [-0.25, -0.2) is 9.37 Å². The second-order valence-electron chi connectivity index (χ2n) is 6.53. The van der Waals surface area contributed by atoms with Gasteiger partial charge in [-0.15, -0.1) is 0 Å². The molecule has 0 spiro atoms. The molecule has 1 aliphatic carbocycles. The van der Waals surface area contributed by atoms with Gasteiger partial charge in [-0.05, 0) is 29.3 Å². The van der Waals surface area contributed by atoms with Gasteiger partial charge >= 0.3 is 0 Å². The van der Waals surface area contributed by atoms with Gasteiger partial charge in [-0.3, -0.25) is 4.79 Å². The number of halogens is 1. The fourth-order valence-electron chi connectivity index (χ4n) is 3.63. The van der Waals surface area contributed by atoms with Gasteiger partial charge in [0.2, 0.25) is 0 Å². The maximum Gasteiger partial charge on any atom is 0.196 e. The third kappa shape index (κ3) is 2.48. The molecule has 1 aliphatic rings. The zero-order valence-corrected chi connectivity index (χ0v) is 14.3. The molecule has 0 aliphatic heterocycles. The molecular formula is C24H14FNO. The highest BCUT2D eigenvalue weighted by Crippen LogP contribution is 2.42. The van der Waals surface area contributed by atoms with Crippen molar-refractivity contribution < 1.29 is 9.18 Å². The Morgan fingerprint density at radius 1 is 0.667 bits per heavy atom. The highest BCUT2D eigenvalue weighted by molar-refractivity contribution is 6.24. The number of fused-ring (bicyclic) bond motifs is 3. The molecular weight excluding hydrogens is 337 g/mol. The Labute approximate surface area is 156 Å². The minimum atomic E-state index is -0.312. The monoisotopic (exact) mass is 351 g/mol. The summed E-state index contributed by atoms with van der Waals surface area (Å²) in [6.45, 7) is 0. The molecule has 0 amide bonds. The van der Waals surface area contributed by atoms with Gasteiger partial charge in [0.1, 0.15) is 5.82 Å². The zero-order valence-electron chi connectivity index (χ0n) is 14.3. The maximum atomic E-state index is 13.8. The summed E-state index contributed by atoms with van der Waals surface area (Å²) in [4.78, 5) is 17.8. The van der Waals surface area contributed by atoms with Crippen molar-refractivity contribution in [2.45, 2.75) is 0 Å². The van der Waals surface area contributed by atoms with E-state index in [9.17, 15) is 9.18 Å². The average molecular weight is 351 g/mol.